The Morgan fingerprint density at radius 3 is 2.41 bits per heavy atom. The van der Waals surface area contributed by atoms with E-state index in [2.05, 4.69) is 19.2 Å². The number of amides is 2. The highest BCUT2D eigenvalue weighted by molar-refractivity contribution is 5.96. The molecule has 2 aromatic rings. The molecule has 5 heteroatoms. The minimum atomic E-state index is -0.621. The van der Waals surface area contributed by atoms with Gasteiger partial charge in [0.1, 0.15) is 5.75 Å². The number of para-hydroxylation sites is 1. The predicted octanol–water partition coefficient (Wildman–Crippen LogP) is 4.34. The summed E-state index contributed by atoms with van der Waals surface area (Å²) < 4.78 is 5.89. The van der Waals surface area contributed by atoms with E-state index in [1.807, 2.05) is 48.5 Å². The van der Waals surface area contributed by atoms with Crippen molar-refractivity contribution in [2.75, 3.05) is 16.8 Å². The van der Waals surface area contributed by atoms with Gasteiger partial charge in [-0.15, -0.1) is 0 Å². The Balaban J connectivity index is 1.62. The largest absolute Gasteiger partial charge is 0.481 e. The van der Waals surface area contributed by atoms with Crippen LogP contribution in [0.2, 0.25) is 0 Å². The number of anilines is 2. The standard InChI is InChI=1S/C22H26N2O3/c1-15(2)19-7-4-5-8-20(19)27-16(3)22(26)23-17-10-12-18(13-11-17)24-14-6-9-21(24)25/h4-5,7-8,10-13,15-16H,6,9,14H2,1-3H3,(H,23,26)/t16-/m0/s1. The van der Waals surface area contributed by atoms with E-state index in [0.717, 1.165) is 30.0 Å². The Bertz CT molecular complexity index is 815. The molecule has 1 N–H and O–H groups in total. The molecule has 2 aromatic carbocycles. The molecule has 142 valence electrons. The maximum Gasteiger partial charge on any atom is 0.265 e. The van der Waals surface area contributed by atoms with Gasteiger partial charge in [0.15, 0.2) is 6.10 Å². The summed E-state index contributed by atoms with van der Waals surface area (Å²) in [5.41, 5.74) is 2.63. The van der Waals surface area contributed by atoms with Crippen molar-refractivity contribution < 1.29 is 14.3 Å². The number of rotatable bonds is 6. The van der Waals surface area contributed by atoms with Gasteiger partial charge in [0.2, 0.25) is 5.91 Å². The van der Waals surface area contributed by atoms with Crippen molar-refractivity contribution in [1.29, 1.82) is 0 Å². The molecule has 27 heavy (non-hydrogen) atoms. The lowest BCUT2D eigenvalue weighted by atomic mass is 10.0. The molecule has 2 amide bonds. The number of carbonyl (C=O) groups excluding carboxylic acids is 2. The molecule has 1 heterocycles. The summed E-state index contributed by atoms with van der Waals surface area (Å²) in [5, 5.41) is 2.87. The van der Waals surface area contributed by atoms with Gasteiger partial charge in [-0.2, -0.15) is 0 Å². The molecule has 0 bridgehead atoms. The molecule has 0 spiro atoms. The number of benzene rings is 2. The SMILES string of the molecule is CC(C)c1ccccc1O[C@@H](C)C(=O)Nc1ccc(N2CCCC2=O)cc1. The average Bonchev–Trinajstić information content (AvgIpc) is 3.08. The number of nitrogens with zero attached hydrogens (tertiary/aromatic N) is 1. The zero-order valence-corrected chi connectivity index (χ0v) is 16.1. The fourth-order valence-electron chi connectivity index (χ4n) is 3.20. The highest BCUT2D eigenvalue weighted by atomic mass is 16.5. The smallest absolute Gasteiger partial charge is 0.265 e. The zero-order chi connectivity index (χ0) is 19.4. The van der Waals surface area contributed by atoms with Crippen LogP contribution < -0.4 is 15.0 Å². The predicted molar refractivity (Wildman–Crippen MR) is 107 cm³/mol. The molecule has 1 saturated heterocycles. The Morgan fingerprint density at radius 2 is 1.78 bits per heavy atom. The summed E-state index contributed by atoms with van der Waals surface area (Å²) in [6, 6.07) is 15.1. The fraction of sp³-hybridized carbons (Fsp3) is 0.364. The number of hydrogen-bond donors (Lipinski definition) is 1. The van der Waals surface area contributed by atoms with Crippen molar-refractivity contribution in [2.24, 2.45) is 0 Å². The number of nitrogens with one attached hydrogen (secondary N) is 1. The Labute approximate surface area is 160 Å². The number of hydrogen-bond acceptors (Lipinski definition) is 3. The topological polar surface area (TPSA) is 58.6 Å². The summed E-state index contributed by atoms with van der Waals surface area (Å²) in [4.78, 5) is 26.1. The second-order valence-corrected chi connectivity index (χ2v) is 7.14. The zero-order valence-electron chi connectivity index (χ0n) is 16.1. The molecular formula is C22H26N2O3. The lowest BCUT2D eigenvalue weighted by Crippen LogP contribution is -2.30. The van der Waals surface area contributed by atoms with Gasteiger partial charge in [0.05, 0.1) is 0 Å². The van der Waals surface area contributed by atoms with Gasteiger partial charge < -0.3 is 15.0 Å². The van der Waals surface area contributed by atoms with Crippen LogP contribution in [-0.4, -0.2) is 24.5 Å². The van der Waals surface area contributed by atoms with Crippen molar-refractivity contribution in [2.45, 2.75) is 45.6 Å². The highest BCUT2D eigenvalue weighted by Gasteiger charge is 2.22. The van der Waals surface area contributed by atoms with E-state index in [-0.39, 0.29) is 11.8 Å². The van der Waals surface area contributed by atoms with E-state index >= 15 is 0 Å². The van der Waals surface area contributed by atoms with Gasteiger partial charge in [-0.3, -0.25) is 9.59 Å². The summed E-state index contributed by atoms with van der Waals surface area (Å²) >= 11 is 0. The van der Waals surface area contributed by atoms with Crippen LogP contribution in [0.1, 0.15) is 45.1 Å². The van der Waals surface area contributed by atoms with Gasteiger partial charge in [0.25, 0.3) is 5.91 Å². The molecule has 1 aliphatic rings. The first-order chi connectivity index (χ1) is 13.0. The van der Waals surface area contributed by atoms with Gasteiger partial charge in [-0.05, 0) is 55.2 Å². The quantitative estimate of drug-likeness (QED) is 0.827. The second kappa shape index (κ2) is 8.25. The highest BCUT2D eigenvalue weighted by Crippen LogP contribution is 2.27. The van der Waals surface area contributed by atoms with Crippen LogP contribution in [0.5, 0.6) is 5.75 Å². The third-order valence-electron chi connectivity index (χ3n) is 4.73. The third-order valence-corrected chi connectivity index (χ3v) is 4.73. The summed E-state index contributed by atoms with van der Waals surface area (Å²) in [6.45, 7) is 6.69. The summed E-state index contributed by atoms with van der Waals surface area (Å²) in [7, 11) is 0. The molecule has 1 aliphatic heterocycles. The van der Waals surface area contributed by atoms with Crippen LogP contribution in [0.4, 0.5) is 11.4 Å². The van der Waals surface area contributed by atoms with Crippen molar-refractivity contribution >= 4 is 23.2 Å². The minimum absolute atomic E-state index is 0.151. The molecule has 1 fully saturated rings. The van der Waals surface area contributed by atoms with E-state index in [0.29, 0.717) is 18.0 Å². The Hall–Kier alpha value is -2.82. The molecule has 0 unspecified atom stereocenters. The van der Waals surface area contributed by atoms with E-state index in [9.17, 15) is 9.59 Å². The molecule has 1 atom stereocenters. The molecule has 0 aromatic heterocycles. The van der Waals surface area contributed by atoms with E-state index < -0.39 is 6.10 Å². The maximum atomic E-state index is 12.5. The van der Waals surface area contributed by atoms with Crippen LogP contribution in [0.3, 0.4) is 0 Å². The fourth-order valence-corrected chi connectivity index (χ4v) is 3.20. The monoisotopic (exact) mass is 366 g/mol. The Kier molecular flexibility index (Phi) is 5.79. The van der Waals surface area contributed by atoms with Crippen LogP contribution in [0.25, 0.3) is 0 Å². The van der Waals surface area contributed by atoms with Crippen molar-refractivity contribution in [3.63, 3.8) is 0 Å². The van der Waals surface area contributed by atoms with Crippen molar-refractivity contribution in [3.05, 3.63) is 54.1 Å². The number of carbonyl (C=O) groups is 2. The average molecular weight is 366 g/mol. The van der Waals surface area contributed by atoms with Gasteiger partial charge in [-0.25, -0.2) is 0 Å². The van der Waals surface area contributed by atoms with E-state index in [1.165, 1.54) is 0 Å². The maximum absolute atomic E-state index is 12.5. The number of ether oxygens (including phenoxy) is 1. The van der Waals surface area contributed by atoms with Crippen LogP contribution in [0, 0.1) is 0 Å². The molecule has 0 saturated carbocycles. The molecule has 5 nitrogen and oxygen atoms in total. The molecule has 0 aliphatic carbocycles. The first-order valence-electron chi connectivity index (χ1n) is 9.42. The van der Waals surface area contributed by atoms with E-state index in [1.54, 1.807) is 11.8 Å². The molecule has 0 radical (unpaired) electrons. The first-order valence-corrected chi connectivity index (χ1v) is 9.42. The van der Waals surface area contributed by atoms with Crippen LogP contribution in [-0.2, 0) is 9.59 Å². The normalized spacial score (nSPS) is 15.1. The van der Waals surface area contributed by atoms with Gasteiger partial charge >= 0.3 is 0 Å². The van der Waals surface area contributed by atoms with Gasteiger partial charge in [0, 0.05) is 24.3 Å². The Morgan fingerprint density at radius 1 is 1.07 bits per heavy atom. The van der Waals surface area contributed by atoms with Crippen molar-refractivity contribution in [3.8, 4) is 5.75 Å². The summed E-state index contributed by atoms with van der Waals surface area (Å²) in [5.74, 6) is 0.992. The lowest BCUT2D eigenvalue weighted by molar-refractivity contribution is -0.122. The first kappa shape index (κ1) is 19.0. The van der Waals surface area contributed by atoms with E-state index in [4.69, 9.17) is 4.74 Å². The molecular weight excluding hydrogens is 340 g/mol. The summed E-state index contributed by atoms with van der Waals surface area (Å²) in [6.07, 6.45) is 0.875. The van der Waals surface area contributed by atoms with Crippen LogP contribution in [0.15, 0.2) is 48.5 Å². The third kappa shape index (κ3) is 4.48. The molecule has 3 rings (SSSR count). The second-order valence-electron chi connectivity index (χ2n) is 7.14. The van der Waals surface area contributed by atoms with Crippen LogP contribution >= 0.6 is 0 Å². The lowest BCUT2D eigenvalue weighted by Gasteiger charge is -2.19. The van der Waals surface area contributed by atoms with Gasteiger partial charge in [-0.1, -0.05) is 32.0 Å². The minimum Gasteiger partial charge on any atom is -0.481 e. The van der Waals surface area contributed by atoms with Crippen molar-refractivity contribution in [1.82, 2.24) is 0 Å².